The number of hydrogen-bond donors (Lipinski definition) is 0. The number of hydrogen-bond acceptors (Lipinski definition) is 1. The van der Waals surface area contributed by atoms with E-state index in [1.54, 1.807) is 0 Å². The molecule has 0 unspecified atom stereocenters. The summed E-state index contributed by atoms with van der Waals surface area (Å²) in [5.41, 5.74) is 0. The summed E-state index contributed by atoms with van der Waals surface area (Å²) in [7, 11) is 0.389. The number of ketones is 1. The van der Waals surface area contributed by atoms with Gasteiger partial charge in [0.25, 0.3) is 0 Å². The lowest BCUT2D eigenvalue weighted by atomic mass is 10.6. The van der Waals surface area contributed by atoms with Crippen LogP contribution in [0.3, 0.4) is 0 Å². The molecule has 0 aliphatic carbocycles. The number of carbonyl (C=O) groups excluding carboxylic acids is 1. The summed E-state index contributed by atoms with van der Waals surface area (Å²) in [5, 5.41) is 0. The van der Waals surface area contributed by atoms with Gasteiger partial charge in [-0.05, 0) is 26.4 Å². The maximum absolute atomic E-state index is 9.44. The van der Waals surface area contributed by atoms with Crippen molar-refractivity contribution in [3.63, 3.8) is 0 Å². The minimum Gasteiger partial charge on any atom is -0.300 e. The minimum atomic E-state index is 0. The highest BCUT2D eigenvalue weighted by molar-refractivity contribution is 8.12. The molecule has 0 aromatic carbocycles. The molecule has 0 atom stereocenters. The van der Waals surface area contributed by atoms with Crippen molar-refractivity contribution in [3.05, 3.63) is 0 Å². The number of carbonyl (C=O) groups is 1. The summed E-state index contributed by atoms with van der Waals surface area (Å²) >= 11 is 0. The zero-order valence-corrected chi connectivity index (χ0v) is 6.84. The lowest BCUT2D eigenvalue weighted by Gasteiger charge is -1.70. The van der Waals surface area contributed by atoms with Crippen molar-refractivity contribution in [1.29, 1.82) is 0 Å². The van der Waals surface area contributed by atoms with Crippen molar-refractivity contribution in [3.8, 4) is 0 Å². The molecule has 0 fully saturated rings. The van der Waals surface area contributed by atoms with Crippen LogP contribution in [-0.4, -0.2) is 24.2 Å². The van der Waals surface area contributed by atoms with Crippen molar-refractivity contribution >= 4 is 22.1 Å². The largest absolute Gasteiger partial charge is 0.300 e. The predicted octanol–water partition coefficient (Wildman–Crippen LogP) is 2.18. The first-order chi connectivity index (χ1) is 3.46. The van der Waals surface area contributed by atoms with Gasteiger partial charge in [-0.3, -0.25) is 0 Å². The molecule has 0 aliphatic rings. The van der Waals surface area contributed by atoms with Crippen LogP contribution in [0.2, 0.25) is 0 Å². The third-order valence-electron chi connectivity index (χ3n) is 0. The highest BCUT2D eigenvalue weighted by atomic mass is 32.2. The van der Waals surface area contributed by atoms with E-state index in [1.807, 2.05) is 0 Å². The summed E-state index contributed by atoms with van der Waals surface area (Å²) in [6.45, 7) is 3.06. The lowest BCUT2D eigenvalue weighted by Crippen LogP contribution is -1.69. The topological polar surface area (TPSA) is 17.1 Å². The van der Waals surface area contributed by atoms with Crippen LogP contribution in [0.4, 0.5) is 0 Å². The molecule has 0 saturated heterocycles. The Labute approximate surface area is 61.4 Å². The Balaban J connectivity index is -0.0000000720. The number of rotatable bonds is 0. The Morgan fingerprint density at radius 2 is 1.33 bits per heavy atom. The van der Waals surface area contributed by atoms with Crippen molar-refractivity contribution < 1.29 is 4.79 Å². The molecule has 0 heterocycles. The van der Waals surface area contributed by atoms with E-state index in [4.69, 9.17) is 0 Å². The normalized spacial score (nSPS) is 6.78. The van der Waals surface area contributed by atoms with Gasteiger partial charge in [-0.25, -0.2) is 0 Å². The van der Waals surface area contributed by atoms with Gasteiger partial charge >= 0.3 is 0 Å². The average molecular weight is 150 g/mol. The molecule has 0 saturated carbocycles. The molecule has 1 nitrogen and oxygen atoms in total. The SMILES string of the molecule is C.C=S(C)C.CC(C)=O. The van der Waals surface area contributed by atoms with E-state index in [9.17, 15) is 4.79 Å². The zero-order chi connectivity index (χ0) is 7.15. The molecular weight excluding hydrogens is 132 g/mol. The van der Waals surface area contributed by atoms with Crippen LogP contribution in [-0.2, 0) is 4.79 Å². The molecule has 0 N–H and O–H groups in total. The fraction of sp³-hybridized carbons (Fsp3) is 0.714. The first-order valence-electron chi connectivity index (χ1n) is 2.31. The van der Waals surface area contributed by atoms with Gasteiger partial charge in [0, 0.05) is 0 Å². The summed E-state index contributed by atoms with van der Waals surface area (Å²) in [6.07, 6.45) is 4.17. The fourth-order valence-corrected chi connectivity index (χ4v) is 0. The van der Waals surface area contributed by atoms with E-state index in [-0.39, 0.29) is 13.2 Å². The van der Waals surface area contributed by atoms with Crippen molar-refractivity contribution in [1.82, 2.24) is 0 Å². The second kappa shape index (κ2) is 10.8. The van der Waals surface area contributed by atoms with Crippen LogP contribution >= 0.6 is 10.5 Å². The molecule has 0 radical (unpaired) electrons. The lowest BCUT2D eigenvalue weighted by molar-refractivity contribution is -0.114. The molecular formula is C7H18OS. The Morgan fingerprint density at radius 3 is 1.33 bits per heavy atom. The third kappa shape index (κ3) is 22600. The van der Waals surface area contributed by atoms with Crippen LogP contribution < -0.4 is 0 Å². The fourth-order valence-electron chi connectivity index (χ4n) is 0. The van der Waals surface area contributed by atoms with Gasteiger partial charge in [0.2, 0.25) is 0 Å². The van der Waals surface area contributed by atoms with Crippen molar-refractivity contribution in [2.45, 2.75) is 21.3 Å². The molecule has 0 bridgehead atoms. The summed E-state index contributed by atoms with van der Waals surface area (Å²) in [6, 6.07) is 0. The minimum absolute atomic E-state index is 0. The molecule has 0 rings (SSSR count). The molecule has 58 valence electrons. The van der Waals surface area contributed by atoms with Gasteiger partial charge in [0.15, 0.2) is 0 Å². The quantitative estimate of drug-likeness (QED) is 0.484. The summed E-state index contributed by atoms with van der Waals surface area (Å²) < 4.78 is 0. The van der Waals surface area contributed by atoms with Crippen LogP contribution in [0.5, 0.6) is 0 Å². The molecule has 2 heteroatoms. The predicted molar refractivity (Wildman–Crippen MR) is 49.6 cm³/mol. The average Bonchev–Trinajstić information content (AvgIpc) is 1.25. The Hall–Kier alpha value is -0.110. The van der Waals surface area contributed by atoms with Crippen molar-refractivity contribution in [2.75, 3.05) is 12.5 Å². The van der Waals surface area contributed by atoms with Crippen LogP contribution in [0.15, 0.2) is 0 Å². The van der Waals surface area contributed by atoms with Crippen molar-refractivity contribution in [2.24, 2.45) is 0 Å². The molecule has 0 amide bonds. The van der Waals surface area contributed by atoms with E-state index in [2.05, 4.69) is 18.4 Å². The van der Waals surface area contributed by atoms with E-state index in [1.165, 1.54) is 13.8 Å². The monoisotopic (exact) mass is 150 g/mol. The van der Waals surface area contributed by atoms with Gasteiger partial charge < -0.3 is 4.79 Å². The Morgan fingerprint density at radius 1 is 1.33 bits per heavy atom. The standard InChI is InChI=1S/C3H6O.C3H8S.CH4/c1-3(2)4;1-4(2)3;/h1-2H3;1H2,2-3H3;1H4. The summed E-state index contributed by atoms with van der Waals surface area (Å²) in [4.78, 5) is 9.44. The molecule has 0 aliphatic heterocycles. The van der Waals surface area contributed by atoms with E-state index in [0.717, 1.165) is 0 Å². The summed E-state index contributed by atoms with van der Waals surface area (Å²) in [5.74, 6) is 3.83. The Bertz CT molecular complexity index is 66.9. The molecule has 0 spiro atoms. The second-order valence-corrected chi connectivity index (χ2v) is 3.87. The molecule has 9 heavy (non-hydrogen) atoms. The van der Waals surface area contributed by atoms with E-state index in [0.29, 0.717) is 10.5 Å². The third-order valence-corrected chi connectivity index (χ3v) is 0. The van der Waals surface area contributed by atoms with E-state index >= 15 is 0 Å². The van der Waals surface area contributed by atoms with Crippen LogP contribution in [0, 0.1) is 0 Å². The highest BCUT2D eigenvalue weighted by Gasteiger charge is 1.62. The Kier molecular flexibility index (Phi) is 19.1. The first kappa shape index (κ1) is 16.0. The van der Waals surface area contributed by atoms with Gasteiger partial charge in [-0.2, -0.15) is 10.5 Å². The van der Waals surface area contributed by atoms with Crippen LogP contribution in [0.25, 0.3) is 0 Å². The van der Waals surface area contributed by atoms with Gasteiger partial charge in [0.05, 0.1) is 0 Å². The number of Topliss-reactive ketones (excluding diaryl/α,β-unsaturated/α-hetero) is 1. The molecule has 0 aromatic rings. The van der Waals surface area contributed by atoms with Gasteiger partial charge in [0.1, 0.15) is 5.78 Å². The molecule has 0 aromatic heterocycles. The zero-order valence-electron chi connectivity index (χ0n) is 6.02. The van der Waals surface area contributed by atoms with Gasteiger partial charge in [-0.1, -0.05) is 13.3 Å². The second-order valence-electron chi connectivity index (χ2n) is 1.89. The van der Waals surface area contributed by atoms with Gasteiger partial charge in [-0.15, -0.1) is 0 Å². The smallest absolute Gasteiger partial charge is 0.126 e. The maximum Gasteiger partial charge on any atom is 0.126 e. The highest BCUT2D eigenvalue weighted by Crippen LogP contribution is 1.86. The first-order valence-corrected chi connectivity index (χ1v) is 4.52. The maximum atomic E-state index is 9.44. The van der Waals surface area contributed by atoms with E-state index < -0.39 is 0 Å². The van der Waals surface area contributed by atoms with Crippen LogP contribution in [0.1, 0.15) is 21.3 Å².